The second-order valence-electron chi connectivity index (χ2n) is 7.89. The van der Waals surface area contributed by atoms with E-state index >= 15 is 0 Å². The Labute approximate surface area is 193 Å². The molecule has 1 aliphatic heterocycles. The topological polar surface area (TPSA) is 129 Å². The molecule has 1 amide bonds. The van der Waals surface area contributed by atoms with Crippen LogP contribution in [-0.4, -0.2) is 38.5 Å². The summed E-state index contributed by atoms with van der Waals surface area (Å²) in [7, 11) is 0. The standard InChI is InChI=1S/C25H21N3O6/c1-3-33-19-12-14(7-9-17(19)29)21-20(22(30)18-5-4-10-34-18)23(31)24(32)28(21)25-26-15-8-6-13(2)11-16(15)27-25/h4-12,21,29,31H,3H2,1-2H3,(H,26,27). The Morgan fingerprint density at radius 3 is 2.76 bits per heavy atom. The number of phenols is 1. The Kier molecular flexibility index (Phi) is 5.09. The molecule has 5 rings (SSSR count). The van der Waals surface area contributed by atoms with E-state index in [2.05, 4.69) is 9.97 Å². The first-order valence-corrected chi connectivity index (χ1v) is 10.7. The number of carbonyl (C=O) groups excluding carboxylic acids is 2. The van der Waals surface area contributed by atoms with E-state index in [1.807, 2.05) is 25.1 Å². The Morgan fingerprint density at radius 2 is 2.03 bits per heavy atom. The zero-order valence-corrected chi connectivity index (χ0v) is 18.4. The molecule has 0 bridgehead atoms. The Morgan fingerprint density at radius 1 is 1.21 bits per heavy atom. The van der Waals surface area contributed by atoms with Gasteiger partial charge in [0.1, 0.15) is 0 Å². The first kappa shape index (κ1) is 21.3. The lowest BCUT2D eigenvalue weighted by molar-refractivity contribution is -0.117. The fraction of sp³-hybridized carbons (Fsp3) is 0.160. The normalized spacial score (nSPS) is 16.0. The second kappa shape index (κ2) is 8.11. The van der Waals surface area contributed by atoms with Crippen molar-refractivity contribution in [1.82, 2.24) is 9.97 Å². The number of nitrogens with zero attached hydrogens (tertiary/aromatic N) is 2. The van der Waals surface area contributed by atoms with Crippen molar-refractivity contribution in [1.29, 1.82) is 0 Å². The Hall–Kier alpha value is -4.53. The summed E-state index contributed by atoms with van der Waals surface area (Å²) in [6, 6.07) is 12.1. The van der Waals surface area contributed by atoms with Gasteiger partial charge in [-0.15, -0.1) is 0 Å². The predicted octanol–water partition coefficient (Wildman–Crippen LogP) is 4.35. The van der Waals surface area contributed by atoms with Crippen LogP contribution in [0.15, 0.2) is 70.5 Å². The molecule has 9 heteroatoms. The predicted molar refractivity (Wildman–Crippen MR) is 123 cm³/mol. The summed E-state index contributed by atoms with van der Waals surface area (Å²) in [4.78, 5) is 35.5. The van der Waals surface area contributed by atoms with E-state index in [9.17, 15) is 19.8 Å². The summed E-state index contributed by atoms with van der Waals surface area (Å²) in [5.41, 5.74) is 2.60. The molecule has 0 radical (unpaired) electrons. The number of benzene rings is 2. The summed E-state index contributed by atoms with van der Waals surface area (Å²) in [5, 5.41) is 21.0. The molecule has 0 spiro atoms. The number of amides is 1. The van der Waals surface area contributed by atoms with Gasteiger partial charge in [-0.2, -0.15) is 0 Å². The van der Waals surface area contributed by atoms with Crippen LogP contribution in [0.1, 0.15) is 34.6 Å². The second-order valence-corrected chi connectivity index (χ2v) is 7.89. The van der Waals surface area contributed by atoms with Gasteiger partial charge >= 0.3 is 0 Å². The quantitative estimate of drug-likeness (QED) is 0.366. The van der Waals surface area contributed by atoms with E-state index in [0.29, 0.717) is 23.2 Å². The van der Waals surface area contributed by atoms with Gasteiger partial charge in [0.25, 0.3) is 5.91 Å². The molecule has 34 heavy (non-hydrogen) atoms. The first-order chi connectivity index (χ1) is 16.4. The molecule has 4 aromatic rings. The van der Waals surface area contributed by atoms with E-state index in [0.717, 1.165) is 5.56 Å². The third kappa shape index (κ3) is 3.38. The van der Waals surface area contributed by atoms with Crippen LogP contribution in [-0.2, 0) is 4.79 Å². The van der Waals surface area contributed by atoms with E-state index in [4.69, 9.17) is 9.15 Å². The minimum Gasteiger partial charge on any atom is -0.504 e. The summed E-state index contributed by atoms with van der Waals surface area (Å²) in [5.74, 6) is -1.89. The van der Waals surface area contributed by atoms with Crippen molar-refractivity contribution in [2.24, 2.45) is 0 Å². The number of aliphatic hydroxyl groups excluding tert-OH is 1. The molecule has 2 aromatic heterocycles. The molecule has 3 N–H and O–H groups in total. The zero-order valence-electron chi connectivity index (χ0n) is 18.4. The lowest BCUT2D eigenvalue weighted by Crippen LogP contribution is -2.32. The number of carbonyl (C=O) groups is 2. The van der Waals surface area contributed by atoms with Gasteiger partial charge in [-0.3, -0.25) is 14.5 Å². The summed E-state index contributed by atoms with van der Waals surface area (Å²) in [6.45, 7) is 4.00. The fourth-order valence-corrected chi connectivity index (χ4v) is 4.11. The Bertz CT molecular complexity index is 1450. The number of aliphatic hydroxyl groups is 1. The number of anilines is 1. The summed E-state index contributed by atoms with van der Waals surface area (Å²) >= 11 is 0. The lowest BCUT2D eigenvalue weighted by atomic mass is 9.95. The van der Waals surface area contributed by atoms with Gasteiger partial charge in [0.2, 0.25) is 11.7 Å². The Balaban J connectivity index is 1.69. The minimum atomic E-state index is -1.05. The van der Waals surface area contributed by atoms with Crippen LogP contribution in [0.5, 0.6) is 11.5 Å². The number of aromatic nitrogens is 2. The number of fused-ring (bicyclic) bond motifs is 1. The number of aryl methyl sites for hydroxylation is 1. The first-order valence-electron chi connectivity index (χ1n) is 10.7. The highest BCUT2D eigenvalue weighted by Gasteiger charge is 2.46. The smallest absolute Gasteiger partial charge is 0.296 e. The van der Waals surface area contributed by atoms with Crippen LogP contribution in [0.2, 0.25) is 0 Å². The average molecular weight is 459 g/mol. The third-order valence-corrected chi connectivity index (χ3v) is 5.65. The van der Waals surface area contributed by atoms with Gasteiger partial charge in [0.05, 0.1) is 35.5 Å². The number of rotatable bonds is 6. The van der Waals surface area contributed by atoms with Crippen molar-refractivity contribution < 1.29 is 29.0 Å². The SMILES string of the molecule is CCOc1cc(C2C(C(=O)c3ccco3)=C(O)C(=O)N2c2nc3ccc(C)cc3[nH]2)ccc1O. The van der Waals surface area contributed by atoms with Crippen LogP contribution >= 0.6 is 0 Å². The minimum absolute atomic E-state index is 0.0229. The van der Waals surface area contributed by atoms with Crippen LogP contribution in [0.3, 0.4) is 0 Å². The van der Waals surface area contributed by atoms with Crippen molar-refractivity contribution in [3.8, 4) is 11.5 Å². The number of aromatic hydroxyl groups is 1. The fourth-order valence-electron chi connectivity index (χ4n) is 4.11. The van der Waals surface area contributed by atoms with Crippen molar-refractivity contribution in [2.75, 3.05) is 11.5 Å². The van der Waals surface area contributed by atoms with Crippen molar-refractivity contribution in [2.45, 2.75) is 19.9 Å². The molecule has 1 unspecified atom stereocenters. The third-order valence-electron chi connectivity index (χ3n) is 5.65. The van der Waals surface area contributed by atoms with E-state index in [1.54, 1.807) is 19.1 Å². The molecule has 0 saturated heterocycles. The van der Waals surface area contributed by atoms with Crippen LogP contribution in [0.4, 0.5) is 5.95 Å². The van der Waals surface area contributed by atoms with Crippen molar-refractivity contribution in [3.63, 3.8) is 0 Å². The highest BCUT2D eigenvalue weighted by Crippen LogP contribution is 2.43. The molecule has 0 aliphatic carbocycles. The summed E-state index contributed by atoms with van der Waals surface area (Å²) in [6.07, 6.45) is 1.34. The number of aromatic amines is 1. The number of nitrogens with one attached hydrogen (secondary N) is 1. The maximum Gasteiger partial charge on any atom is 0.296 e. The summed E-state index contributed by atoms with van der Waals surface area (Å²) < 4.78 is 10.7. The number of ketones is 1. The largest absolute Gasteiger partial charge is 0.504 e. The molecule has 9 nitrogen and oxygen atoms in total. The molecule has 1 atom stereocenters. The maximum absolute atomic E-state index is 13.3. The molecule has 0 saturated carbocycles. The average Bonchev–Trinajstić information content (AvgIpc) is 3.54. The molecule has 1 aliphatic rings. The van der Waals surface area contributed by atoms with Gasteiger partial charge in [-0.25, -0.2) is 4.98 Å². The van der Waals surface area contributed by atoms with Gasteiger partial charge < -0.3 is 24.4 Å². The van der Waals surface area contributed by atoms with Gasteiger partial charge in [-0.1, -0.05) is 12.1 Å². The number of ether oxygens (including phenoxy) is 1. The van der Waals surface area contributed by atoms with Crippen LogP contribution in [0.25, 0.3) is 11.0 Å². The molecule has 172 valence electrons. The van der Waals surface area contributed by atoms with E-state index in [-0.39, 0.29) is 28.8 Å². The lowest BCUT2D eigenvalue weighted by Gasteiger charge is -2.25. The van der Waals surface area contributed by atoms with Gasteiger partial charge in [0, 0.05) is 0 Å². The molecular formula is C25H21N3O6. The van der Waals surface area contributed by atoms with E-state index in [1.165, 1.54) is 29.4 Å². The van der Waals surface area contributed by atoms with Gasteiger partial charge in [0.15, 0.2) is 23.0 Å². The van der Waals surface area contributed by atoms with Gasteiger partial charge in [-0.05, 0) is 61.4 Å². The highest BCUT2D eigenvalue weighted by molar-refractivity contribution is 6.20. The number of H-pyrrole nitrogens is 1. The zero-order chi connectivity index (χ0) is 24.0. The maximum atomic E-state index is 13.3. The molecule has 2 aromatic carbocycles. The monoisotopic (exact) mass is 459 g/mol. The molecule has 3 heterocycles. The number of hydrogen-bond acceptors (Lipinski definition) is 7. The number of furan rings is 1. The molecule has 0 fully saturated rings. The van der Waals surface area contributed by atoms with Crippen LogP contribution in [0, 0.1) is 6.92 Å². The molecular weight excluding hydrogens is 438 g/mol. The number of Topliss-reactive ketones (excluding diaryl/α,β-unsaturated/α-hetero) is 1. The number of hydrogen-bond donors (Lipinski definition) is 3. The van der Waals surface area contributed by atoms with Crippen LogP contribution < -0.4 is 9.64 Å². The number of imidazole rings is 1. The van der Waals surface area contributed by atoms with E-state index < -0.39 is 23.5 Å². The van der Waals surface area contributed by atoms with Crippen molar-refractivity contribution >= 4 is 28.7 Å². The highest BCUT2D eigenvalue weighted by atomic mass is 16.5. The van der Waals surface area contributed by atoms with Crippen molar-refractivity contribution in [3.05, 3.63) is 83.0 Å². The number of phenolic OH excluding ortho intramolecular Hbond substituents is 1.